The summed E-state index contributed by atoms with van der Waals surface area (Å²) in [7, 11) is 0. The van der Waals surface area contributed by atoms with Gasteiger partial charge in [-0.05, 0) is 38.3 Å². The molecular weight excluding hydrogens is 222 g/mol. The van der Waals surface area contributed by atoms with Gasteiger partial charge < -0.3 is 10.1 Å². The zero-order chi connectivity index (χ0) is 13.1. The van der Waals surface area contributed by atoms with E-state index in [4.69, 9.17) is 4.74 Å². The fourth-order valence-electron chi connectivity index (χ4n) is 2.64. The van der Waals surface area contributed by atoms with E-state index in [-0.39, 0.29) is 0 Å². The molecule has 1 aromatic carbocycles. The minimum Gasteiger partial charge on any atom is -0.493 e. The van der Waals surface area contributed by atoms with Crippen LogP contribution >= 0.6 is 0 Å². The van der Waals surface area contributed by atoms with E-state index in [1.54, 1.807) is 0 Å². The Labute approximate surface area is 111 Å². The van der Waals surface area contributed by atoms with Gasteiger partial charge in [-0.15, -0.1) is 0 Å². The molecule has 0 spiro atoms. The van der Waals surface area contributed by atoms with E-state index in [1.165, 1.54) is 23.1 Å². The molecule has 100 valence electrons. The minimum absolute atomic E-state index is 0.464. The summed E-state index contributed by atoms with van der Waals surface area (Å²) < 4.78 is 5.83. The monoisotopic (exact) mass is 247 g/mol. The molecule has 1 aromatic rings. The summed E-state index contributed by atoms with van der Waals surface area (Å²) >= 11 is 0. The average molecular weight is 247 g/mol. The molecule has 2 rings (SSSR count). The lowest BCUT2D eigenvalue weighted by Crippen LogP contribution is -2.28. The maximum Gasteiger partial charge on any atom is 0.126 e. The molecule has 1 atom stereocenters. The van der Waals surface area contributed by atoms with Crippen molar-refractivity contribution in [2.45, 2.75) is 46.6 Å². The van der Waals surface area contributed by atoms with E-state index in [9.17, 15) is 0 Å². The summed E-state index contributed by atoms with van der Waals surface area (Å²) in [6, 6.07) is 4.94. The Morgan fingerprint density at radius 1 is 1.33 bits per heavy atom. The third-order valence-corrected chi connectivity index (χ3v) is 3.59. The predicted octanol–water partition coefficient (Wildman–Crippen LogP) is 3.76. The molecular formula is C16H25NO. The van der Waals surface area contributed by atoms with Crippen molar-refractivity contribution in [3.05, 3.63) is 28.8 Å². The average Bonchev–Trinajstić information content (AvgIpc) is 2.29. The largest absolute Gasteiger partial charge is 0.493 e. The van der Waals surface area contributed by atoms with Crippen LogP contribution in [0.5, 0.6) is 5.75 Å². The molecule has 2 nitrogen and oxygen atoms in total. The summed E-state index contributed by atoms with van der Waals surface area (Å²) in [5, 5.41) is 3.68. The third kappa shape index (κ3) is 3.05. The summed E-state index contributed by atoms with van der Waals surface area (Å²) in [4.78, 5) is 0. The van der Waals surface area contributed by atoms with Crippen molar-refractivity contribution >= 4 is 0 Å². The Kier molecular flexibility index (Phi) is 4.28. The number of aryl methyl sites for hydroxylation is 2. The summed E-state index contributed by atoms with van der Waals surface area (Å²) in [5.41, 5.74) is 3.94. The lowest BCUT2D eigenvalue weighted by Gasteiger charge is -2.28. The second-order valence-electron chi connectivity index (χ2n) is 5.83. The van der Waals surface area contributed by atoms with Crippen molar-refractivity contribution < 1.29 is 4.74 Å². The number of benzene rings is 1. The molecule has 0 saturated heterocycles. The van der Waals surface area contributed by atoms with E-state index in [0.717, 1.165) is 31.2 Å². The van der Waals surface area contributed by atoms with Gasteiger partial charge in [0.2, 0.25) is 0 Å². The van der Waals surface area contributed by atoms with Gasteiger partial charge >= 0.3 is 0 Å². The zero-order valence-corrected chi connectivity index (χ0v) is 12.0. The van der Waals surface area contributed by atoms with Crippen molar-refractivity contribution in [1.82, 2.24) is 5.32 Å². The van der Waals surface area contributed by atoms with Crippen LogP contribution in [0.25, 0.3) is 0 Å². The van der Waals surface area contributed by atoms with Gasteiger partial charge in [0, 0.05) is 18.0 Å². The first-order valence-corrected chi connectivity index (χ1v) is 7.05. The maximum absolute atomic E-state index is 5.83. The van der Waals surface area contributed by atoms with E-state index in [0.29, 0.717) is 6.04 Å². The van der Waals surface area contributed by atoms with Crippen LogP contribution < -0.4 is 10.1 Å². The SMILES string of the molecule is Cc1cc(C)c2c(c1)C(NCCC(C)C)CCO2. The van der Waals surface area contributed by atoms with Crippen molar-refractivity contribution in [2.75, 3.05) is 13.2 Å². The van der Waals surface area contributed by atoms with Gasteiger partial charge in [0.05, 0.1) is 6.61 Å². The highest BCUT2D eigenvalue weighted by Gasteiger charge is 2.22. The quantitative estimate of drug-likeness (QED) is 0.874. The van der Waals surface area contributed by atoms with Gasteiger partial charge in [0.25, 0.3) is 0 Å². The summed E-state index contributed by atoms with van der Waals surface area (Å²) in [6.07, 6.45) is 2.31. The van der Waals surface area contributed by atoms with Gasteiger partial charge in [0.15, 0.2) is 0 Å². The number of nitrogens with one attached hydrogen (secondary N) is 1. The number of hydrogen-bond donors (Lipinski definition) is 1. The van der Waals surface area contributed by atoms with Crippen LogP contribution in [0.3, 0.4) is 0 Å². The highest BCUT2D eigenvalue weighted by Crippen LogP contribution is 2.35. The Balaban J connectivity index is 2.12. The number of fused-ring (bicyclic) bond motifs is 1. The second kappa shape index (κ2) is 5.75. The van der Waals surface area contributed by atoms with Gasteiger partial charge in [-0.2, -0.15) is 0 Å². The molecule has 1 aliphatic heterocycles. The van der Waals surface area contributed by atoms with Crippen LogP contribution in [-0.2, 0) is 0 Å². The van der Waals surface area contributed by atoms with Crippen molar-refractivity contribution in [3.8, 4) is 5.75 Å². The highest BCUT2D eigenvalue weighted by molar-refractivity contribution is 5.46. The molecule has 2 heteroatoms. The van der Waals surface area contributed by atoms with Crippen molar-refractivity contribution in [1.29, 1.82) is 0 Å². The van der Waals surface area contributed by atoms with Crippen LogP contribution in [0.15, 0.2) is 12.1 Å². The molecule has 0 bridgehead atoms. The molecule has 0 radical (unpaired) electrons. The summed E-state index contributed by atoms with van der Waals surface area (Å²) in [6.45, 7) is 10.8. The van der Waals surface area contributed by atoms with Crippen LogP contribution in [0.4, 0.5) is 0 Å². The first-order valence-electron chi connectivity index (χ1n) is 7.05. The van der Waals surface area contributed by atoms with E-state index >= 15 is 0 Å². The number of hydrogen-bond acceptors (Lipinski definition) is 2. The molecule has 1 aliphatic rings. The Hall–Kier alpha value is -1.02. The smallest absolute Gasteiger partial charge is 0.126 e. The Morgan fingerprint density at radius 2 is 2.11 bits per heavy atom. The van der Waals surface area contributed by atoms with Crippen LogP contribution in [0, 0.1) is 19.8 Å². The van der Waals surface area contributed by atoms with Crippen molar-refractivity contribution in [2.24, 2.45) is 5.92 Å². The summed E-state index contributed by atoms with van der Waals surface area (Å²) in [5.74, 6) is 1.87. The zero-order valence-electron chi connectivity index (χ0n) is 12.0. The molecule has 0 saturated carbocycles. The number of ether oxygens (including phenoxy) is 1. The first kappa shape index (κ1) is 13.4. The van der Waals surface area contributed by atoms with E-state index in [2.05, 4.69) is 45.1 Å². The molecule has 1 heterocycles. The molecule has 1 unspecified atom stereocenters. The van der Waals surface area contributed by atoms with Crippen LogP contribution in [-0.4, -0.2) is 13.2 Å². The van der Waals surface area contributed by atoms with Gasteiger partial charge in [0.1, 0.15) is 5.75 Å². The minimum atomic E-state index is 0.464. The lowest BCUT2D eigenvalue weighted by atomic mass is 9.95. The fourth-order valence-corrected chi connectivity index (χ4v) is 2.64. The van der Waals surface area contributed by atoms with Crippen molar-refractivity contribution in [3.63, 3.8) is 0 Å². The molecule has 1 N–H and O–H groups in total. The Bertz CT molecular complexity index is 412. The maximum atomic E-state index is 5.83. The molecule has 0 amide bonds. The normalized spacial score (nSPS) is 18.6. The van der Waals surface area contributed by atoms with Gasteiger partial charge in [-0.1, -0.05) is 31.5 Å². The highest BCUT2D eigenvalue weighted by atomic mass is 16.5. The second-order valence-corrected chi connectivity index (χ2v) is 5.83. The molecule has 0 aromatic heterocycles. The lowest BCUT2D eigenvalue weighted by molar-refractivity contribution is 0.249. The van der Waals surface area contributed by atoms with Crippen LogP contribution in [0.2, 0.25) is 0 Å². The molecule has 0 aliphatic carbocycles. The third-order valence-electron chi connectivity index (χ3n) is 3.59. The van der Waals surface area contributed by atoms with E-state index < -0.39 is 0 Å². The van der Waals surface area contributed by atoms with Crippen LogP contribution in [0.1, 0.15) is 49.4 Å². The van der Waals surface area contributed by atoms with Gasteiger partial charge in [-0.3, -0.25) is 0 Å². The molecule has 18 heavy (non-hydrogen) atoms. The number of rotatable bonds is 4. The predicted molar refractivity (Wildman–Crippen MR) is 76.2 cm³/mol. The fraction of sp³-hybridized carbons (Fsp3) is 0.625. The standard InChI is InChI=1S/C16H25NO/c1-11(2)5-7-17-15-6-8-18-16-13(4)9-12(3)10-14(15)16/h9-11,15,17H,5-8H2,1-4H3. The molecule has 0 fully saturated rings. The Morgan fingerprint density at radius 3 is 2.83 bits per heavy atom. The topological polar surface area (TPSA) is 21.3 Å². The van der Waals surface area contributed by atoms with Gasteiger partial charge in [-0.25, -0.2) is 0 Å². The van der Waals surface area contributed by atoms with E-state index in [1.807, 2.05) is 0 Å². The first-order chi connectivity index (χ1) is 8.58.